The molecule has 0 atom stereocenters. The highest BCUT2D eigenvalue weighted by Crippen LogP contribution is 2.23. The second-order valence-corrected chi connectivity index (χ2v) is 7.47. The third-order valence-corrected chi connectivity index (χ3v) is 4.43. The molecule has 0 radical (unpaired) electrons. The van der Waals surface area contributed by atoms with Gasteiger partial charge in [-0.25, -0.2) is 8.42 Å². The number of hydrogen-bond donors (Lipinski definition) is 1. The van der Waals surface area contributed by atoms with Crippen LogP contribution in [0, 0.1) is 0 Å². The highest BCUT2D eigenvalue weighted by atomic mass is 79.9. The van der Waals surface area contributed by atoms with Gasteiger partial charge < -0.3 is 5.32 Å². The van der Waals surface area contributed by atoms with Gasteiger partial charge in [0.25, 0.3) is 15.0 Å². The quantitative estimate of drug-likeness (QED) is 0.599. The van der Waals surface area contributed by atoms with Gasteiger partial charge in [-0.1, -0.05) is 0 Å². The second-order valence-electron chi connectivity index (χ2n) is 4.05. The van der Waals surface area contributed by atoms with E-state index in [1.54, 1.807) is 0 Å². The van der Waals surface area contributed by atoms with Crippen molar-refractivity contribution in [2.45, 2.75) is 23.9 Å². The van der Waals surface area contributed by atoms with Gasteiger partial charge in [0.05, 0.1) is 10.5 Å². The van der Waals surface area contributed by atoms with Crippen LogP contribution in [-0.2, 0) is 9.05 Å². The largest absolute Gasteiger partial charge is 0.389 e. The first-order valence-electron chi connectivity index (χ1n) is 5.60. The molecule has 1 amide bonds. The summed E-state index contributed by atoms with van der Waals surface area (Å²) in [7, 11) is 1.17. The SMILES string of the molecule is O=C(NCCCC(F)(F)F)c1cc(S(=O)(=O)Cl)ccc1Br. The molecule has 1 N–H and O–H groups in total. The fourth-order valence-corrected chi connectivity index (χ4v) is 2.62. The summed E-state index contributed by atoms with van der Waals surface area (Å²) in [6.45, 7) is -0.178. The number of rotatable bonds is 5. The van der Waals surface area contributed by atoms with E-state index in [9.17, 15) is 26.4 Å². The average Bonchev–Trinajstić information content (AvgIpc) is 2.32. The summed E-state index contributed by atoms with van der Waals surface area (Å²) in [6.07, 6.45) is -5.55. The normalized spacial score (nSPS) is 12.2. The molecule has 4 nitrogen and oxygen atoms in total. The predicted molar refractivity (Wildman–Crippen MR) is 74.8 cm³/mol. The van der Waals surface area contributed by atoms with Crippen LogP contribution in [-0.4, -0.2) is 27.0 Å². The summed E-state index contributed by atoms with van der Waals surface area (Å²) in [5.74, 6) is -0.689. The summed E-state index contributed by atoms with van der Waals surface area (Å²) >= 11 is 3.06. The van der Waals surface area contributed by atoms with Crippen molar-refractivity contribution in [3.8, 4) is 0 Å². The van der Waals surface area contributed by atoms with E-state index in [2.05, 4.69) is 21.2 Å². The van der Waals surface area contributed by atoms with Crippen LogP contribution in [0.1, 0.15) is 23.2 Å². The Morgan fingerprint density at radius 3 is 2.48 bits per heavy atom. The fourth-order valence-electron chi connectivity index (χ4n) is 1.42. The van der Waals surface area contributed by atoms with Crippen molar-refractivity contribution < 1.29 is 26.4 Å². The molecule has 0 bridgehead atoms. The number of benzene rings is 1. The van der Waals surface area contributed by atoms with Crippen LogP contribution >= 0.6 is 26.6 Å². The lowest BCUT2D eigenvalue weighted by Crippen LogP contribution is -2.26. The molecule has 0 fully saturated rings. The van der Waals surface area contributed by atoms with E-state index >= 15 is 0 Å². The number of alkyl halides is 3. The van der Waals surface area contributed by atoms with Gasteiger partial charge in [0.2, 0.25) is 0 Å². The number of amides is 1. The molecule has 1 aromatic rings. The smallest absolute Gasteiger partial charge is 0.352 e. The Morgan fingerprint density at radius 2 is 1.95 bits per heavy atom. The van der Waals surface area contributed by atoms with Gasteiger partial charge in [0, 0.05) is 28.1 Å². The van der Waals surface area contributed by atoms with E-state index in [4.69, 9.17) is 10.7 Å². The summed E-state index contributed by atoms with van der Waals surface area (Å²) in [5.41, 5.74) is -0.0243. The first kappa shape index (κ1) is 18.2. The predicted octanol–water partition coefficient (Wildman–Crippen LogP) is 3.45. The Balaban J connectivity index is 2.74. The van der Waals surface area contributed by atoms with Gasteiger partial charge in [-0.05, 0) is 40.5 Å². The van der Waals surface area contributed by atoms with Crippen LogP contribution in [0.15, 0.2) is 27.6 Å². The molecule has 118 valence electrons. The van der Waals surface area contributed by atoms with E-state index in [0.29, 0.717) is 4.47 Å². The van der Waals surface area contributed by atoms with Crippen LogP contribution < -0.4 is 5.32 Å². The van der Waals surface area contributed by atoms with E-state index in [0.717, 1.165) is 6.07 Å². The van der Waals surface area contributed by atoms with Crippen LogP contribution in [0.3, 0.4) is 0 Å². The topological polar surface area (TPSA) is 63.2 Å². The highest BCUT2D eigenvalue weighted by molar-refractivity contribution is 9.10. The molecule has 0 aromatic heterocycles. The van der Waals surface area contributed by atoms with Crippen molar-refractivity contribution in [1.82, 2.24) is 5.32 Å². The molecular weight excluding hydrogens is 399 g/mol. The molecule has 0 aliphatic heterocycles. The third-order valence-electron chi connectivity index (χ3n) is 2.39. The van der Waals surface area contributed by atoms with Gasteiger partial charge in [-0.2, -0.15) is 13.2 Å². The molecule has 0 aliphatic rings. The average molecular weight is 409 g/mol. The van der Waals surface area contributed by atoms with E-state index in [-0.39, 0.29) is 23.4 Å². The number of carbonyl (C=O) groups is 1. The standard InChI is InChI=1S/C11H10BrClF3NO3S/c12-9-3-2-7(21(13,19)20)6-8(9)10(18)17-5-1-4-11(14,15)16/h2-3,6H,1,4-5H2,(H,17,18). The maximum absolute atomic E-state index is 11.9. The van der Waals surface area contributed by atoms with Gasteiger partial charge in [0.1, 0.15) is 0 Å². The van der Waals surface area contributed by atoms with Gasteiger partial charge >= 0.3 is 6.18 Å². The lowest BCUT2D eigenvalue weighted by atomic mass is 10.2. The molecule has 0 aliphatic carbocycles. The summed E-state index contributed by atoms with van der Waals surface area (Å²) in [4.78, 5) is 11.5. The third kappa shape index (κ3) is 6.23. The Hall–Kier alpha value is -0.800. The Kier molecular flexibility index (Phi) is 6.06. The van der Waals surface area contributed by atoms with Crippen molar-refractivity contribution in [3.63, 3.8) is 0 Å². The van der Waals surface area contributed by atoms with Crippen molar-refractivity contribution in [2.75, 3.05) is 6.54 Å². The van der Waals surface area contributed by atoms with Gasteiger partial charge in [-0.15, -0.1) is 0 Å². The molecule has 0 saturated carbocycles. The summed E-state index contributed by atoms with van der Waals surface area (Å²) < 4.78 is 58.5. The fraction of sp³-hybridized carbons (Fsp3) is 0.364. The first-order chi connectivity index (χ1) is 9.50. The minimum atomic E-state index is -4.28. The summed E-state index contributed by atoms with van der Waals surface area (Å²) in [6, 6.07) is 3.57. The molecular formula is C11H10BrClF3NO3S. The molecule has 1 rings (SSSR count). The van der Waals surface area contributed by atoms with Crippen LogP contribution in [0.25, 0.3) is 0 Å². The Labute approximate surface area is 132 Å². The highest BCUT2D eigenvalue weighted by Gasteiger charge is 2.26. The van der Waals surface area contributed by atoms with E-state index < -0.39 is 27.6 Å². The van der Waals surface area contributed by atoms with Gasteiger partial charge in [-0.3, -0.25) is 4.79 Å². The molecule has 0 saturated heterocycles. The van der Waals surface area contributed by atoms with E-state index in [1.807, 2.05) is 0 Å². The zero-order chi connectivity index (χ0) is 16.3. The number of halogens is 5. The van der Waals surface area contributed by atoms with Crippen molar-refractivity contribution >= 4 is 41.6 Å². The lowest BCUT2D eigenvalue weighted by Gasteiger charge is -2.09. The maximum atomic E-state index is 11.9. The molecule has 21 heavy (non-hydrogen) atoms. The monoisotopic (exact) mass is 407 g/mol. The van der Waals surface area contributed by atoms with Crippen LogP contribution in [0.5, 0.6) is 0 Å². The van der Waals surface area contributed by atoms with Crippen LogP contribution in [0.2, 0.25) is 0 Å². The van der Waals surface area contributed by atoms with Crippen molar-refractivity contribution in [2.24, 2.45) is 0 Å². The number of hydrogen-bond acceptors (Lipinski definition) is 3. The molecule has 0 unspecified atom stereocenters. The lowest BCUT2D eigenvalue weighted by molar-refractivity contribution is -0.135. The zero-order valence-electron chi connectivity index (χ0n) is 10.4. The Bertz CT molecular complexity index is 634. The van der Waals surface area contributed by atoms with E-state index in [1.165, 1.54) is 12.1 Å². The molecule has 0 spiro atoms. The molecule has 0 heterocycles. The number of carbonyl (C=O) groups excluding carboxylic acids is 1. The minimum Gasteiger partial charge on any atom is -0.352 e. The maximum Gasteiger partial charge on any atom is 0.389 e. The second kappa shape index (κ2) is 6.97. The Morgan fingerprint density at radius 1 is 1.33 bits per heavy atom. The minimum absolute atomic E-state index is 0.0243. The van der Waals surface area contributed by atoms with Gasteiger partial charge in [0.15, 0.2) is 0 Å². The van der Waals surface area contributed by atoms with Crippen molar-refractivity contribution in [3.05, 3.63) is 28.2 Å². The summed E-state index contributed by atoms with van der Waals surface area (Å²) in [5, 5.41) is 2.28. The molecule has 10 heteroatoms. The van der Waals surface area contributed by atoms with Crippen molar-refractivity contribution in [1.29, 1.82) is 0 Å². The molecule has 1 aromatic carbocycles. The first-order valence-corrected chi connectivity index (χ1v) is 8.70. The zero-order valence-corrected chi connectivity index (χ0v) is 13.5. The van der Waals surface area contributed by atoms with Crippen LogP contribution in [0.4, 0.5) is 13.2 Å². The number of nitrogens with one attached hydrogen (secondary N) is 1.